The molecule has 1 saturated heterocycles. The second-order valence-corrected chi connectivity index (χ2v) is 6.09. The average molecular weight is 313 g/mol. The molecule has 0 spiro atoms. The molecule has 0 atom stereocenters. The summed E-state index contributed by atoms with van der Waals surface area (Å²) in [6.07, 6.45) is -4.94. The molecular weight excluding hydrogens is 302 g/mol. The van der Waals surface area contributed by atoms with E-state index in [2.05, 4.69) is 0 Å². The van der Waals surface area contributed by atoms with E-state index in [0.717, 1.165) is 10.4 Å². The Labute approximate surface area is 113 Å². The SMILES string of the molecule is O=S(=O)(c1ccc(F)c(C(F)(F)F)c1)N1CCOCC1. The normalized spacial score (nSPS) is 18.2. The molecule has 1 aromatic carbocycles. The second-order valence-electron chi connectivity index (χ2n) is 4.16. The molecule has 0 saturated carbocycles. The lowest BCUT2D eigenvalue weighted by Crippen LogP contribution is -2.40. The van der Waals surface area contributed by atoms with Crippen molar-refractivity contribution in [3.63, 3.8) is 0 Å². The quantitative estimate of drug-likeness (QED) is 0.783. The van der Waals surface area contributed by atoms with E-state index in [4.69, 9.17) is 4.74 Å². The summed E-state index contributed by atoms with van der Waals surface area (Å²) in [6, 6.07) is 1.66. The van der Waals surface area contributed by atoms with Crippen molar-refractivity contribution < 1.29 is 30.7 Å². The number of hydrogen-bond donors (Lipinski definition) is 0. The van der Waals surface area contributed by atoms with Gasteiger partial charge in [-0.15, -0.1) is 0 Å². The fourth-order valence-corrected chi connectivity index (χ4v) is 3.25. The average Bonchev–Trinajstić information content (AvgIpc) is 2.38. The zero-order valence-corrected chi connectivity index (χ0v) is 11.0. The van der Waals surface area contributed by atoms with Gasteiger partial charge in [-0.05, 0) is 18.2 Å². The van der Waals surface area contributed by atoms with E-state index in [-0.39, 0.29) is 26.3 Å². The van der Waals surface area contributed by atoms with Crippen LogP contribution in [0, 0.1) is 5.82 Å². The van der Waals surface area contributed by atoms with Gasteiger partial charge < -0.3 is 4.74 Å². The number of halogens is 4. The van der Waals surface area contributed by atoms with Gasteiger partial charge in [-0.1, -0.05) is 0 Å². The number of ether oxygens (including phenoxy) is 1. The van der Waals surface area contributed by atoms with E-state index in [0.29, 0.717) is 12.1 Å². The summed E-state index contributed by atoms with van der Waals surface area (Å²) in [5.41, 5.74) is -1.59. The minimum Gasteiger partial charge on any atom is -0.379 e. The number of nitrogens with zero attached hydrogens (tertiary/aromatic N) is 1. The molecule has 1 aromatic rings. The van der Waals surface area contributed by atoms with Crippen LogP contribution in [0.15, 0.2) is 23.1 Å². The summed E-state index contributed by atoms with van der Waals surface area (Å²) in [6.45, 7) is 0.460. The number of benzene rings is 1. The highest BCUT2D eigenvalue weighted by Gasteiger charge is 2.36. The third kappa shape index (κ3) is 2.94. The Bertz CT molecular complexity index is 594. The third-order valence-electron chi connectivity index (χ3n) is 2.85. The van der Waals surface area contributed by atoms with Crippen molar-refractivity contribution in [2.45, 2.75) is 11.1 Å². The van der Waals surface area contributed by atoms with E-state index >= 15 is 0 Å². The summed E-state index contributed by atoms with van der Waals surface area (Å²) in [7, 11) is -4.07. The number of morpholine rings is 1. The summed E-state index contributed by atoms with van der Waals surface area (Å²) >= 11 is 0. The van der Waals surface area contributed by atoms with Crippen LogP contribution in [0.1, 0.15) is 5.56 Å². The minimum atomic E-state index is -4.94. The van der Waals surface area contributed by atoms with Crippen LogP contribution in [0.25, 0.3) is 0 Å². The molecule has 0 aliphatic carbocycles. The lowest BCUT2D eigenvalue weighted by Gasteiger charge is -2.26. The third-order valence-corrected chi connectivity index (χ3v) is 4.75. The van der Waals surface area contributed by atoms with Gasteiger partial charge in [0.1, 0.15) is 5.82 Å². The van der Waals surface area contributed by atoms with Gasteiger partial charge in [-0.3, -0.25) is 0 Å². The molecule has 0 amide bonds. The van der Waals surface area contributed by atoms with Crippen LogP contribution in [-0.4, -0.2) is 39.0 Å². The van der Waals surface area contributed by atoms with Gasteiger partial charge in [0.05, 0.1) is 23.7 Å². The lowest BCUT2D eigenvalue weighted by molar-refractivity contribution is -0.140. The highest BCUT2D eigenvalue weighted by molar-refractivity contribution is 7.89. The molecule has 1 fully saturated rings. The highest BCUT2D eigenvalue weighted by atomic mass is 32.2. The van der Waals surface area contributed by atoms with Crippen LogP contribution >= 0.6 is 0 Å². The van der Waals surface area contributed by atoms with Crippen LogP contribution < -0.4 is 0 Å². The van der Waals surface area contributed by atoms with Gasteiger partial charge in [0.15, 0.2) is 0 Å². The fourth-order valence-electron chi connectivity index (χ4n) is 1.82. The lowest BCUT2D eigenvalue weighted by atomic mass is 10.2. The van der Waals surface area contributed by atoms with Crippen molar-refractivity contribution in [3.8, 4) is 0 Å². The molecule has 0 N–H and O–H groups in total. The van der Waals surface area contributed by atoms with Crippen LogP contribution in [0.5, 0.6) is 0 Å². The Morgan fingerprint density at radius 2 is 1.75 bits per heavy atom. The minimum absolute atomic E-state index is 0.0566. The number of sulfonamides is 1. The van der Waals surface area contributed by atoms with E-state index in [1.165, 1.54) is 0 Å². The predicted octanol–water partition coefficient (Wildman–Crippen LogP) is 1.87. The van der Waals surface area contributed by atoms with Gasteiger partial charge >= 0.3 is 6.18 Å². The molecule has 0 bridgehead atoms. The summed E-state index contributed by atoms with van der Waals surface area (Å²) < 4.78 is 81.2. The topological polar surface area (TPSA) is 46.6 Å². The molecule has 20 heavy (non-hydrogen) atoms. The van der Waals surface area contributed by atoms with Gasteiger partial charge in [-0.2, -0.15) is 17.5 Å². The van der Waals surface area contributed by atoms with Crippen molar-refractivity contribution >= 4 is 10.0 Å². The first-order valence-corrected chi connectivity index (χ1v) is 7.11. The summed E-state index contributed by atoms with van der Waals surface area (Å²) in [4.78, 5) is -0.576. The van der Waals surface area contributed by atoms with Crippen molar-refractivity contribution in [1.29, 1.82) is 0 Å². The van der Waals surface area contributed by atoms with E-state index < -0.39 is 32.5 Å². The number of rotatable bonds is 2. The zero-order valence-electron chi connectivity index (χ0n) is 10.2. The molecule has 112 valence electrons. The van der Waals surface area contributed by atoms with Gasteiger partial charge in [0.25, 0.3) is 0 Å². The highest BCUT2D eigenvalue weighted by Crippen LogP contribution is 2.33. The molecule has 2 rings (SSSR count). The van der Waals surface area contributed by atoms with Crippen molar-refractivity contribution in [2.75, 3.05) is 26.3 Å². The Morgan fingerprint density at radius 1 is 1.15 bits per heavy atom. The number of alkyl halides is 3. The Kier molecular flexibility index (Phi) is 4.03. The van der Waals surface area contributed by atoms with Crippen LogP contribution in [0.3, 0.4) is 0 Å². The molecule has 1 aliphatic heterocycles. The first kappa shape index (κ1) is 15.2. The second kappa shape index (κ2) is 5.30. The molecule has 1 aliphatic rings. The molecule has 1 heterocycles. The van der Waals surface area contributed by atoms with Gasteiger partial charge in [0.2, 0.25) is 10.0 Å². The van der Waals surface area contributed by atoms with Crippen LogP contribution in [-0.2, 0) is 20.9 Å². The van der Waals surface area contributed by atoms with Gasteiger partial charge in [0, 0.05) is 13.1 Å². The maximum atomic E-state index is 13.1. The largest absolute Gasteiger partial charge is 0.419 e. The summed E-state index contributed by atoms with van der Waals surface area (Å²) in [5, 5.41) is 0. The van der Waals surface area contributed by atoms with Gasteiger partial charge in [-0.25, -0.2) is 12.8 Å². The van der Waals surface area contributed by atoms with Crippen molar-refractivity contribution in [1.82, 2.24) is 4.31 Å². The molecule has 0 unspecified atom stereocenters. The van der Waals surface area contributed by atoms with E-state index in [1.807, 2.05) is 0 Å². The Balaban J connectivity index is 2.42. The van der Waals surface area contributed by atoms with Crippen molar-refractivity contribution in [2.24, 2.45) is 0 Å². The Morgan fingerprint density at radius 3 is 2.30 bits per heavy atom. The maximum Gasteiger partial charge on any atom is 0.419 e. The molecular formula is C11H11F4NO3S. The smallest absolute Gasteiger partial charge is 0.379 e. The molecule has 4 nitrogen and oxygen atoms in total. The fraction of sp³-hybridized carbons (Fsp3) is 0.455. The van der Waals surface area contributed by atoms with Crippen LogP contribution in [0.4, 0.5) is 17.6 Å². The first-order chi connectivity index (χ1) is 9.23. The van der Waals surface area contributed by atoms with E-state index in [1.54, 1.807) is 0 Å². The molecule has 0 aromatic heterocycles. The van der Waals surface area contributed by atoms with Crippen LogP contribution in [0.2, 0.25) is 0 Å². The predicted molar refractivity (Wildman–Crippen MR) is 61.0 cm³/mol. The van der Waals surface area contributed by atoms with E-state index in [9.17, 15) is 26.0 Å². The first-order valence-electron chi connectivity index (χ1n) is 5.67. The standard InChI is InChI=1S/C11H11F4NO3S/c12-10-2-1-8(7-9(10)11(13,14)15)20(17,18)16-3-5-19-6-4-16/h1-2,7H,3-6H2. The van der Waals surface area contributed by atoms with Crippen molar-refractivity contribution in [3.05, 3.63) is 29.6 Å². The zero-order chi connectivity index (χ0) is 15.0. The maximum absolute atomic E-state index is 13.1. The summed E-state index contributed by atoms with van der Waals surface area (Å²) in [5.74, 6) is -1.50. The Hall–Kier alpha value is -1.19. The number of hydrogen-bond acceptors (Lipinski definition) is 3. The molecule has 0 radical (unpaired) electrons. The molecule has 9 heteroatoms. The monoisotopic (exact) mass is 313 g/mol.